The standard InChI is InChI=1S/C11H24BrNO/c1-11(2)14-10-9-13(3)8-6-4-5-7-12/h11H,4-10H2,1-3H3. The Hall–Kier alpha value is 0.400. The average molecular weight is 266 g/mol. The van der Waals surface area contributed by atoms with E-state index in [4.69, 9.17) is 4.74 Å². The maximum atomic E-state index is 5.49. The van der Waals surface area contributed by atoms with Crippen LogP contribution in [0.15, 0.2) is 0 Å². The van der Waals surface area contributed by atoms with Crippen molar-refractivity contribution in [1.29, 1.82) is 0 Å². The lowest BCUT2D eigenvalue weighted by atomic mass is 10.2. The van der Waals surface area contributed by atoms with Gasteiger partial charge in [0.2, 0.25) is 0 Å². The summed E-state index contributed by atoms with van der Waals surface area (Å²) in [5.41, 5.74) is 0. The number of hydrogen-bond donors (Lipinski definition) is 0. The Balaban J connectivity index is 3.15. The maximum absolute atomic E-state index is 5.49. The van der Waals surface area contributed by atoms with Crippen LogP contribution in [0.2, 0.25) is 0 Å². The van der Waals surface area contributed by atoms with Crippen molar-refractivity contribution in [2.24, 2.45) is 0 Å². The van der Waals surface area contributed by atoms with Gasteiger partial charge in [0.25, 0.3) is 0 Å². The Bertz CT molecular complexity index is 120. The molecular weight excluding hydrogens is 242 g/mol. The van der Waals surface area contributed by atoms with Crippen LogP contribution < -0.4 is 0 Å². The molecule has 0 unspecified atom stereocenters. The molecule has 0 spiro atoms. The number of nitrogens with zero attached hydrogens (tertiary/aromatic N) is 1. The number of halogens is 1. The van der Waals surface area contributed by atoms with E-state index in [9.17, 15) is 0 Å². The van der Waals surface area contributed by atoms with Crippen LogP contribution in [0.1, 0.15) is 33.1 Å². The summed E-state index contributed by atoms with van der Waals surface area (Å²) >= 11 is 3.44. The molecule has 0 aromatic heterocycles. The van der Waals surface area contributed by atoms with Gasteiger partial charge in [-0.3, -0.25) is 0 Å². The lowest BCUT2D eigenvalue weighted by Crippen LogP contribution is -2.25. The molecule has 0 aliphatic carbocycles. The molecule has 0 saturated heterocycles. The number of unbranched alkanes of at least 4 members (excludes halogenated alkanes) is 2. The van der Waals surface area contributed by atoms with E-state index in [1.165, 1.54) is 25.8 Å². The molecule has 0 fully saturated rings. The quantitative estimate of drug-likeness (QED) is 0.470. The lowest BCUT2D eigenvalue weighted by Gasteiger charge is -2.17. The summed E-state index contributed by atoms with van der Waals surface area (Å²) in [7, 11) is 2.16. The van der Waals surface area contributed by atoms with Gasteiger partial charge in [-0.1, -0.05) is 22.4 Å². The highest BCUT2D eigenvalue weighted by molar-refractivity contribution is 9.09. The van der Waals surface area contributed by atoms with Crippen LogP contribution in [0.5, 0.6) is 0 Å². The van der Waals surface area contributed by atoms with Gasteiger partial charge in [0, 0.05) is 11.9 Å². The molecule has 0 saturated carbocycles. The Morgan fingerprint density at radius 3 is 2.43 bits per heavy atom. The summed E-state index contributed by atoms with van der Waals surface area (Å²) < 4.78 is 5.49. The zero-order valence-corrected chi connectivity index (χ0v) is 11.3. The van der Waals surface area contributed by atoms with Crippen molar-refractivity contribution < 1.29 is 4.74 Å². The largest absolute Gasteiger partial charge is 0.377 e. The molecule has 0 radical (unpaired) electrons. The third-order valence-electron chi connectivity index (χ3n) is 2.10. The maximum Gasteiger partial charge on any atom is 0.0596 e. The summed E-state index contributed by atoms with van der Waals surface area (Å²) in [5.74, 6) is 0. The van der Waals surface area contributed by atoms with Crippen molar-refractivity contribution in [2.45, 2.75) is 39.2 Å². The molecule has 0 rings (SSSR count). The van der Waals surface area contributed by atoms with E-state index in [1.807, 2.05) is 0 Å². The first-order chi connectivity index (χ1) is 6.66. The minimum absolute atomic E-state index is 0.358. The van der Waals surface area contributed by atoms with Crippen LogP contribution in [0.3, 0.4) is 0 Å². The predicted molar refractivity (Wildman–Crippen MR) is 66.2 cm³/mol. The Morgan fingerprint density at radius 2 is 1.86 bits per heavy atom. The molecule has 3 heteroatoms. The molecule has 0 aromatic rings. The van der Waals surface area contributed by atoms with Crippen molar-refractivity contribution in [3.8, 4) is 0 Å². The highest BCUT2D eigenvalue weighted by Gasteiger charge is 1.99. The molecule has 0 amide bonds. The van der Waals surface area contributed by atoms with Crippen LogP contribution >= 0.6 is 15.9 Å². The van der Waals surface area contributed by atoms with E-state index in [-0.39, 0.29) is 0 Å². The molecule has 0 aliphatic heterocycles. The number of rotatable bonds is 9. The molecule has 0 aliphatic rings. The number of ether oxygens (including phenoxy) is 1. The Morgan fingerprint density at radius 1 is 1.14 bits per heavy atom. The third kappa shape index (κ3) is 10.5. The molecule has 0 atom stereocenters. The van der Waals surface area contributed by atoms with E-state index in [0.29, 0.717) is 6.10 Å². The van der Waals surface area contributed by atoms with E-state index in [1.54, 1.807) is 0 Å². The molecule has 0 bridgehead atoms. The fourth-order valence-electron chi connectivity index (χ4n) is 1.21. The van der Waals surface area contributed by atoms with Crippen molar-refractivity contribution >= 4 is 15.9 Å². The topological polar surface area (TPSA) is 12.5 Å². The van der Waals surface area contributed by atoms with E-state index >= 15 is 0 Å². The summed E-state index contributed by atoms with van der Waals surface area (Å²) in [6, 6.07) is 0. The summed E-state index contributed by atoms with van der Waals surface area (Å²) in [4.78, 5) is 2.34. The van der Waals surface area contributed by atoms with E-state index in [2.05, 4.69) is 41.7 Å². The second kappa shape index (κ2) is 9.94. The molecule has 0 heterocycles. The first-order valence-electron chi connectivity index (χ1n) is 5.53. The average Bonchev–Trinajstić information content (AvgIpc) is 2.12. The fraction of sp³-hybridized carbons (Fsp3) is 1.00. The van der Waals surface area contributed by atoms with Gasteiger partial charge >= 0.3 is 0 Å². The predicted octanol–water partition coefficient (Wildman–Crippen LogP) is 2.91. The third-order valence-corrected chi connectivity index (χ3v) is 2.66. The smallest absolute Gasteiger partial charge is 0.0596 e. The Labute approximate surface area is 97.1 Å². The van der Waals surface area contributed by atoms with E-state index < -0.39 is 0 Å². The SMILES string of the molecule is CC(C)OCCN(C)CCCCCBr. The fourth-order valence-corrected chi connectivity index (χ4v) is 1.61. The minimum Gasteiger partial charge on any atom is -0.377 e. The van der Waals surface area contributed by atoms with Gasteiger partial charge in [0.15, 0.2) is 0 Å². The van der Waals surface area contributed by atoms with Gasteiger partial charge < -0.3 is 9.64 Å². The van der Waals surface area contributed by atoms with Crippen LogP contribution in [0.4, 0.5) is 0 Å². The number of likely N-dealkylation sites (N-methyl/N-ethyl adjacent to an activating group) is 1. The molecule has 14 heavy (non-hydrogen) atoms. The van der Waals surface area contributed by atoms with Crippen LogP contribution in [0.25, 0.3) is 0 Å². The Kier molecular flexibility index (Phi) is 10.2. The second-order valence-electron chi connectivity index (χ2n) is 3.97. The molecule has 86 valence electrons. The summed E-state index contributed by atoms with van der Waals surface area (Å²) in [6.45, 7) is 7.25. The first kappa shape index (κ1) is 14.4. The lowest BCUT2D eigenvalue weighted by molar-refractivity contribution is 0.0636. The van der Waals surface area contributed by atoms with Gasteiger partial charge in [-0.05, 0) is 40.3 Å². The van der Waals surface area contributed by atoms with Gasteiger partial charge in [-0.2, -0.15) is 0 Å². The highest BCUT2D eigenvalue weighted by Crippen LogP contribution is 2.00. The zero-order valence-electron chi connectivity index (χ0n) is 9.76. The van der Waals surface area contributed by atoms with Crippen LogP contribution in [-0.2, 0) is 4.74 Å². The number of alkyl halides is 1. The number of hydrogen-bond acceptors (Lipinski definition) is 2. The van der Waals surface area contributed by atoms with Gasteiger partial charge in [0.05, 0.1) is 12.7 Å². The van der Waals surface area contributed by atoms with Crippen molar-refractivity contribution in [3.05, 3.63) is 0 Å². The highest BCUT2D eigenvalue weighted by atomic mass is 79.9. The monoisotopic (exact) mass is 265 g/mol. The second-order valence-corrected chi connectivity index (χ2v) is 4.77. The molecular formula is C11H24BrNO. The van der Waals surface area contributed by atoms with Crippen molar-refractivity contribution in [3.63, 3.8) is 0 Å². The summed E-state index contributed by atoms with van der Waals surface area (Å²) in [6.07, 6.45) is 4.26. The van der Waals surface area contributed by atoms with Gasteiger partial charge in [-0.25, -0.2) is 0 Å². The van der Waals surface area contributed by atoms with Gasteiger partial charge in [0.1, 0.15) is 0 Å². The normalized spacial score (nSPS) is 11.6. The van der Waals surface area contributed by atoms with Crippen LogP contribution in [-0.4, -0.2) is 43.1 Å². The zero-order chi connectivity index (χ0) is 10.8. The minimum atomic E-state index is 0.358. The first-order valence-corrected chi connectivity index (χ1v) is 6.65. The van der Waals surface area contributed by atoms with Crippen LogP contribution in [0, 0.1) is 0 Å². The molecule has 0 N–H and O–H groups in total. The van der Waals surface area contributed by atoms with Gasteiger partial charge in [-0.15, -0.1) is 0 Å². The molecule has 0 aromatic carbocycles. The molecule has 2 nitrogen and oxygen atoms in total. The van der Waals surface area contributed by atoms with Crippen molar-refractivity contribution in [2.75, 3.05) is 32.1 Å². The summed E-state index contributed by atoms with van der Waals surface area (Å²) in [5, 5.41) is 1.13. The van der Waals surface area contributed by atoms with Crippen molar-refractivity contribution in [1.82, 2.24) is 4.90 Å². The van der Waals surface area contributed by atoms with E-state index in [0.717, 1.165) is 18.5 Å².